The second-order valence-electron chi connectivity index (χ2n) is 2.92. The Hall–Kier alpha value is -1.92. The van der Waals surface area contributed by atoms with Gasteiger partial charge in [-0.1, -0.05) is 0 Å². The molecule has 2 N–H and O–H groups in total. The molecule has 14 heavy (non-hydrogen) atoms. The molecule has 0 fully saturated rings. The van der Waals surface area contributed by atoms with Crippen LogP contribution in [0.15, 0.2) is 6.20 Å². The number of nitrogens with two attached hydrogens (primary N) is 1. The van der Waals surface area contributed by atoms with Gasteiger partial charge in [0.05, 0.1) is 4.92 Å². The first-order chi connectivity index (χ1) is 6.43. The van der Waals surface area contributed by atoms with Crippen LogP contribution in [0.25, 0.3) is 0 Å². The van der Waals surface area contributed by atoms with Gasteiger partial charge >= 0.3 is 5.69 Å². The highest BCUT2D eigenvalue weighted by atomic mass is 16.6. The van der Waals surface area contributed by atoms with Gasteiger partial charge in [-0.05, 0) is 13.8 Å². The molecule has 1 heterocycles. The lowest BCUT2D eigenvalue weighted by Crippen LogP contribution is -2.24. The monoisotopic (exact) mass is 198 g/mol. The number of hydrogen-bond acceptors (Lipinski definition) is 4. The van der Waals surface area contributed by atoms with Crippen molar-refractivity contribution in [3.8, 4) is 0 Å². The van der Waals surface area contributed by atoms with Gasteiger partial charge in [-0.2, -0.15) is 5.10 Å². The van der Waals surface area contributed by atoms with E-state index in [9.17, 15) is 14.9 Å². The molecule has 1 aromatic heterocycles. The van der Waals surface area contributed by atoms with E-state index in [1.54, 1.807) is 0 Å². The van der Waals surface area contributed by atoms with Crippen LogP contribution in [0.3, 0.4) is 0 Å². The van der Waals surface area contributed by atoms with E-state index in [-0.39, 0.29) is 11.4 Å². The van der Waals surface area contributed by atoms with Crippen LogP contribution in [0.4, 0.5) is 5.69 Å². The van der Waals surface area contributed by atoms with Gasteiger partial charge in [0.2, 0.25) is 5.91 Å². The molecule has 0 bridgehead atoms. The molecule has 0 radical (unpaired) electrons. The van der Waals surface area contributed by atoms with Gasteiger partial charge in [0.15, 0.2) is 0 Å². The minimum Gasteiger partial charge on any atom is -0.368 e. The van der Waals surface area contributed by atoms with Crippen molar-refractivity contribution >= 4 is 11.6 Å². The van der Waals surface area contributed by atoms with Crippen molar-refractivity contribution < 1.29 is 9.72 Å². The maximum absolute atomic E-state index is 10.8. The molecule has 1 rings (SSSR count). The molecule has 7 nitrogen and oxygen atoms in total. The maximum atomic E-state index is 10.8. The third kappa shape index (κ3) is 1.70. The minimum atomic E-state index is -0.678. The Morgan fingerprint density at radius 3 is 2.71 bits per heavy atom. The van der Waals surface area contributed by atoms with Crippen LogP contribution in [-0.4, -0.2) is 20.6 Å². The van der Waals surface area contributed by atoms with E-state index >= 15 is 0 Å². The Bertz CT molecular complexity index is 384. The fourth-order valence-corrected chi connectivity index (χ4v) is 0.980. The lowest BCUT2D eigenvalue weighted by molar-refractivity contribution is -0.385. The van der Waals surface area contributed by atoms with E-state index in [0.29, 0.717) is 0 Å². The fraction of sp³-hybridized carbons (Fsp3) is 0.429. The van der Waals surface area contributed by atoms with Gasteiger partial charge in [-0.3, -0.25) is 19.6 Å². The highest BCUT2D eigenvalue weighted by molar-refractivity contribution is 5.77. The number of amides is 1. The first kappa shape index (κ1) is 10.2. The zero-order valence-electron chi connectivity index (χ0n) is 7.80. The predicted octanol–water partition coefficient (Wildman–Crippen LogP) is 0.146. The number of aryl methyl sites for hydroxylation is 1. The lowest BCUT2D eigenvalue weighted by atomic mass is 10.3. The lowest BCUT2D eigenvalue weighted by Gasteiger charge is -2.05. The average molecular weight is 198 g/mol. The first-order valence-electron chi connectivity index (χ1n) is 3.93. The topological polar surface area (TPSA) is 104 Å². The van der Waals surface area contributed by atoms with E-state index in [0.717, 1.165) is 0 Å². The third-order valence-electron chi connectivity index (χ3n) is 1.90. The first-order valence-corrected chi connectivity index (χ1v) is 3.93. The fourth-order valence-electron chi connectivity index (χ4n) is 0.980. The number of aromatic nitrogens is 2. The van der Waals surface area contributed by atoms with Gasteiger partial charge in [0.25, 0.3) is 0 Å². The van der Waals surface area contributed by atoms with Gasteiger partial charge in [-0.25, -0.2) is 0 Å². The standard InChI is InChI=1S/C7H10N4O3/c1-4-6(11(13)14)3-10(9-4)5(2)7(8)12/h3,5H,1-2H3,(H2,8,12)/t5-/m0/s1. The Morgan fingerprint density at radius 1 is 1.79 bits per heavy atom. The molecule has 0 aliphatic rings. The van der Waals surface area contributed by atoms with Gasteiger partial charge in [-0.15, -0.1) is 0 Å². The summed E-state index contributed by atoms with van der Waals surface area (Å²) in [4.78, 5) is 20.7. The predicted molar refractivity (Wildman–Crippen MR) is 47.5 cm³/mol. The number of nitro groups is 1. The summed E-state index contributed by atoms with van der Waals surface area (Å²) in [5.74, 6) is -0.581. The average Bonchev–Trinajstić information content (AvgIpc) is 2.45. The summed E-state index contributed by atoms with van der Waals surface area (Å²) < 4.78 is 1.19. The quantitative estimate of drug-likeness (QED) is 0.551. The SMILES string of the molecule is Cc1nn([C@@H](C)C(N)=O)cc1[N+](=O)[O-]. The number of primary amides is 1. The molecule has 0 unspecified atom stereocenters. The number of carbonyl (C=O) groups excluding carboxylic acids is 1. The number of carbonyl (C=O) groups is 1. The summed E-state index contributed by atoms with van der Waals surface area (Å²) in [6.07, 6.45) is 1.20. The van der Waals surface area contributed by atoms with Gasteiger partial charge in [0.1, 0.15) is 17.9 Å². The Balaban J connectivity index is 3.08. The highest BCUT2D eigenvalue weighted by Crippen LogP contribution is 2.17. The van der Waals surface area contributed by atoms with E-state index in [4.69, 9.17) is 5.73 Å². The Morgan fingerprint density at radius 2 is 2.36 bits per heavy atom. The number of nitrogens with zero attached hydrogens (tertiary/aromatic N) is 3. The van der Waals surface area contributed by atoms with Crippen molar-refractivity contribution in [2.24, 2.45) is 5.73 Å². The number of rotatable bonds is 3. The Labute approximate surface area is 79.7 Å². The van der Waals surface area contributed by atoms with Crippen molar-refractivity contribution in [3.05, 3.63) is 22.0 Å². The highest BCUT2D eigenvalue weighted by Gasteiger charge is 2.20. The summed E-state index contributed by atoms with van der Waals surface area (Å²) in [5.41, 5.74) is 5.19. The molecule has 1 atom stereocenters. The van der Waals surface area contributed by atoms with E-state index in [1.165, 1.54) is 24.7 Å². The van der Waals surface area contributed by atoms with Crippen molar-refractivity contribution in [2.75, 3.05) is 0 Å². The smallest absolute Gasteiger partial charge is 0.309 e. The normalized spacial score (nSPS) is 12.4. The van der Waals surface area contributed by atoms with Crippen LogP contribution >= 0.6 is 0 Å². The molecule has 7 heteroatoms. The van der Waals surface area contributed by atoms with E-state index in [1.807, 2.05) is 0 Å². The van der Waals surface area contributed by atoms with Crippen molar-refractivity contribution in [3.63, 3.8) is 0 Å². The van der Waals surface area contributed by atoms with Crippen LogP contribution in [0.1, 0.15) is 18.7 Å². The van der Waals surface area contributed by atoms with Crippen LogP contribution in [0.5, 0.6) is 0 Å². The zero-order chi connectivity index (χ0) is 10.9. The molecule has 76 valence electrons. The molecule has 1 aromatic rings. The molecular formula is C7H10N4O3. The van der Waals surface area contributed by atoms with Crippen molar-refractivity contribution in [1.29, 1.82) is 0 Å². The van der Waals surface area contributed by atoms with E-state index in [2.05, 4.69) is 5.10 Å². The van der Waals surface area contributed by atoms with E-state index < -0.39 is 16.9 Å². The van der Waals surface area contributed by atoms with Crippen LogP contribution < -0.4 is 5.73 Å². The summed E-state index contributed by atoms with van der Waals surface area (Å²) >= 11 is 0. The van der Waals surface area contributed by atoms with Crippen LogP contribution in [0.2, 0.25) is 0 Å². The molecule has 0 aromatic carbocycles. The molecule has 0 aliphatic carbocycles. The van der Waals surface area contributed by atoms with Crippen molar-refractivity contribution in [2.45, 2.75) is 19.9 Å². The summed E-state index contributed by atoms with van der Waals surface area (Å²) in [6, 6.07) is -0.678. The zero-order valence-corrected chi connectivity index (χ0v) is 7.80. The molecule has 0 spiro atoms. The summed E-state index contributed by atoms with van der Waals surface area (Å²) in [7, 11) is 0. The molecule has 0 saturated heterocycles. The summed E-state index contributed by atoms with van der Waals surface area (Å²) in [5, 5.41) is 14.3. The van der Waals surface area contributed by atoms with Crippen LogP contribution in [-0.2, 0) is 4.79 Å². The molecule has 0 saturated carbocycles. The summed E-state index contributed by atoms with van der Waals surface area (Å²) in [6.45, 7) is 3.03. The molecule has 1 amide bonds. The largest absolute Gasteiger partial charge is 0.368 e. The van der Waals surface area contributed by atoms with Crippen LogP contribution in [0, 0.1) is 17.0 Å². The minimum absolute atomic E-state index is 0.113. The third-order valence-corrected chi connectivity index (χ3v) is 1.90. The maximum Gasteiger partial charge on any atom is 0.309 e. The molecule has 0 aliphatic heterocycles. The second kappa shape index (κ2) is 3.44. The van der Waals surface area contributed by atoms with Gasteiger partial charge in [0, 0.05) is 0 Å². The molecular weight excluding hydrogens is 188 g/mol. The Kier molecular flexibility index (Phi) is 2.50. The van der Waals surface area contributed by atoms with Gasteiger partial charge < -0.3 is 5.73 Å². The number of hydrogen-bond donors (Lipinski definition) is 1. The second-order valence-corrected chi connectivity index (χ2v) is 2.92. The van der Waals surface area contributed by atoms with Crippen molar-refractivity contribution in [1.82, 2.24) is 9.78 Å².